The third-order valence-electron chi connectivity index (χ3n) is 2.59. The van der Waals surface area contributed by atoms with Gasteiger partial charge in [-0.05, 0) is 42.0 Å². The Labute approximate surface area is 132 Å². The van der Waals surface area contributed by atoms with Crippen molar-refractivity contribution in [2.75, 3.05) is 0 Å². The molecule has 0 spiro atoms. The van der Waals surface area contributed by atoms with E-state index < -0.39 is 5.82 Å². The van der Waals surface area contributed by atoms with E-state index in [9.17, 15) is 9.18 Å². The normalized spacial score (nSPS) is 10.5. The summed E-state index contributed by atoms with van der Waals surface area (Å²) in [5.41, 5.74) is 0.815. The van der Waals surface area contributed by atoms with Gasteiger partial charge in [-0.3, -0.25) is 4.79 Å². The summed E-state index contributed by atoms with van der Waals surface area (Å²) in [6, 6.07) is 9.44. The molecular formula is C14H8Br2ClFO. The Bertz CT molecular complexity index is 643. The van der Waals surface area contributed by atoms with Crippen LogP contribution >= 0.6 is 43.5 Å². The molecule has 0 radical (unpaired) electrons. The minimum atomic E-state index is -0.425. The third-order valence-corrected chi connectivity index (χ3v) is 3.97. The molecule has 2 aromatic carbocycles. The molecule has 0 bridgehead atoms. The van der Waals surface area contributed by atoms with Gasteiger partial charge in [0.25, 0.3) is 0 Å². The Hall–Kier alpha value is -0.710. The van der Waals surface area contributed by atoms with Crippen molar-refractivity contribution in [1.82, 2.24) is 0 Å². The maximum absolute atomic E-state index is 13.6. The van der Waals surface area contributed by atoms with Crippen molar-refractivity contribution < 1.29 is 9.18 Å². The zero-order chi connectivity index (χ0) is 14.0. The molecule has 0 fully saturated rings. The van der Waals surface area contributed by atoms with Crippen LogP contribution in [0.15, 0.2) is 45.3 Å². The molecule has 0 aromatic heterocycles. The second-order valence-corrected chi connectivity index (χ2v) is 6.17. The van der Waals surface area contributed by atoms with Crippen LogP contribution in [0.1, 0.15) is 15.9 Å². The van der Waals surface area contributed by atoms with Crippen LogP contribution in [0, 0.1) is 5.82 Å². The van der Waals surface area contributed by atoms with E-state index in [1.807, 2.05) is 0 Å². The molecule has 2 aromatic rings. The van der Waals surface area contributed by atoms with Crippen LogP contribution in [-0.2, 0) is 6.42 Å². The van der Waals surface area contributed by atoms with Crippen molar-refractivity contribution in [3.05, 3.63) is 67.3 Å². The fraction of sp³-hybridized carbons (Fsp3) is 0.0714. The number of benzene rings is 2. The lowest BCUT2D eigenvalue weighted by Gasteiger charge is -2.06. The maximum atomic E-state index is 13.6. The SMILES string of the molecule is O=C(Cc1cc(Cl)ccc1F)c1ccc(Br)cc1Br. The summed E-state index contributed by atoms with van der Waals surface area (Å²) in [7, 11) is 0. The van der Waals surface area contributed by atoms with Gasteiger partial charge in [-0.1, -0.05) is 43.5 Å². The van der Waals surface area contributed by atoms with Crippen LogP contribution in [0.2, 0.25) is 5.02 Å². The number of ketones is 1. The van der Waals surface area contributed by atoms with E-state index in [1.54, 1.807) is 18.2 Å². The van der Waals surface area contributed by atoms with E-state index in [4.69, 9.17) is 11.6 Å². The lowest BCUT2D eigenvalue weighted by molar-refractivity contribution is 0.0991. The Balaban J connectivity index is 2.28. The van der Waals surface area contributed by atoms with E-state index in [1.165, 1.54) is 18.2 Å². The van der Waals surface area contributed by atoms with E-state index >= 15 is 0 Å². The van der Waals surface area contributed by atoms with Crippen molar-refractivity contribution in [2.24, 2.45) is 0 Å². The summed E-state index contributed by atoms with van der Waals surface area (Å²) in [6.45, 7) is 0. The molecule has 0 amide bonds. The molecule has 0 saturated heterocycles. The van der Waals surface area contributed by atoms with Gasteiger partial charge in [-0.25, -0.2) is 4.39 Å². The second kappa shape index (κ2) is 6.16. The van der Waals surface area contributed by atoms with Crippen molar-refractivity contribution in [3.63, 3.8) is 0 Å². The van der Waals surface area contributed by atoms with E-state index in [-0.39, 0.29) is 12.2 Å². The predicted octanol–water partition coefficient (Wildman–Crippen LogP) is 5.43. The number of Topliss-reactive ketones (excluding diaryl/α,β-unsaturated/α-hetero) is 1. The molecule has 2 rings (SSSR count). The molecule has 0 aliphatic heterocycles. The van der Waals surface area contributed by atoms with Gasteiger partial charge >= 0.3 is 0 Å². The summed E-state index contributed by atoms with van der Waals surface area (Å²) in [5, 5.41) is 0.416. The maximum Gasteiger partial charge on any atom is 0.168 e. The zero-order valence-corrected chi connectivity index (χ0v) is 13.5. The van der Waals surface area contributed by atoms with E-state index in [2.05, 4.69) is 31.9 Å². The van der Waals surface area contributed by atoms with Crippen molar-refractivity contribution in [1.29, 1.82) is 0 Å². The zero-order valence-electron chi connectivity index (χ0n) is 9.59. The number of rotatable bonds is 3. The van der Waals surface area contributed by atoms with Crippen LogP contribution in [0.5, 0.6) is 0 Å². The van der Waals surface area contributed by atoms with Crippen molar-refractivity contribution >= 4 is 49.2 Å². The van der Waals surface area contributed by atoms with Gasteiger partial charge in [0, 0.05) is 26.0 Å². The van der Waals surface area contributed by atoms with Crippen LogP contribution in [0.25, 0.3) is 0 Å². The molecule has 0 aliphatic carbocycles. The van der Waals surface area contributed by atoms with Gasteiger partial charge in [0.1, 0.15) is 5.82 Å². The van der Waals surface area contributed by atoms with Gasteiger partial charge in [0.2, 0.25) is 0 Å². The first-order chi connectivity index (χ1) is 8.97. The van der Waals surface area contributed by atoms with Gasteiger partial charge in [-0.2, -0.15) is 0 Å². The molecule has 0 unspecified atom stereocenters. The first-order valence-corrected chi connectivity index (χ1v) is 7.36. The predicted molar refractivity (Wildman–Crippen MR) is 81.3 cm³/mol. The molecular weight excluding hydrogens is 398 g/mol. The minimum absolute atomic E-state index is 0.0212. The third kappa shape index (κ3) is 3.65. The fourth-order valence-corrected chi connectivity index (χ4v) is 3.13. The highest BCUT2D eigenvalue weighted by Crippen LogP contribution is 2.24. The monoisotopic (exact) mass is 404 g/mol. The van der Waals surface area contributed by atoms with Crippen molar-refractivity contribution in [3.8, 4) is 0 Å². The largest absolute Gasteiger partial charge is 0.294 e. The van der Waals surface area contributed by atoms with Gasteiger partial charge in [0.15, 0.2) is 5.78 Å². The molecule has 98 valence electrons. The Morgan fingerprint density at radius 3 is 2.58 bits per heavy atom. The summed E-state index contributed by atoms with van der Waals surface area (Å²) >= 11 is 12.4. The van der Waals surface area contributed by atoms with Gasteiger partial charge in [-0.15, -0.1) is 0 Å². The van der Waals surface area contributed by atoms with Crippen LogP contribution < -0.4 is 0 Å². The average Bonchev–Trinajstić information content (AvgIpc) is 2.33. The minimum Gasteiger partial charge on any atom is -0.294 e. The van der Waals surface area contributed by atoms with Crippen LogP contribution in [0.4, 0.5) is 4.39 Å². The summed E-state index contributed by atoms with van der Waals surface area (Å²) in [4.78, 5) is 12.2. The Morgan fingerprint density at radius 2 is 1.89 bits per heavy atom. The van der Waals surface area contributed by atoms with Crippen LogP contribution in [-0.4, -0.2) is 5.78 Å². The first-order valence-electron chi connectivity index (χ1n) is 5.39. The Kier molecular flexibility index (Phi) is 4.76. The molecule has 1 nitrogen and oxygen atoms in total. The highest BCUT2D eigenvalue weighted by atomic mass is 79.9. The quantitative estimate of drug-likeness (QED) is 0.621. The second-order valence-electron chi connectivity index (χ2n) is 3.96. The lowest BCUT2D eigenvalue weighted by atomic mass is 10.0. The van der Waals surface area contributed by atoms with E-state index in [0.29, 0.717) is 20.6 Å². The topological polar surface area (TPSA) is 17.1 Å². The highest BCUT2D eigenvalue weighted by molar-refractivity contribution is 9.11. The number of hydrogen-bond donors (Lipinski definition) is 0. The summed E-state index contributed by atoms with van der Waals surface area (Å²) in [6.07, 6.45) is -0.0212. The Morgan fingerprint density at radius 1 is 1.16 bits per heavy atom. The molecule has 0 atom stereocenters. The highest BCUT2D eigenvalue weighted by Gasteiger charge is 2.14. The lowest BCUT2D eigenvalue weighted by Crippen LogP contribution is -2.06. The summed E-state index contributed by atoms with van der Waals surface area (Å²) in [5.74, 6) is -0.591. The number of carbonyl (C=O) groups excluding carboxylic acids is 1. The number of carbonyl (C=O) groups is 1. The number of hydrogen-bond acceptors (Lipinski definition) is 1. The average molecular weight is 406 g/mol. The first kappa shape index (κ1) is 14.7. The summed E-state index contributed by atoms with van der Waals surface area (Å²) < 4.78 is 15.1. The molecule has 0 aliphatic rings. The van der Waals surface area contributed by atoms with Crippen molar-refractivity contribution in [2.45, 2.75) is 6.42 Å². The standard InChI is InChI=1S/C14H8Br2ClFO/c15-9-1-3-11(12(16)7-9)14(19)6-8-5-10(17)2-4-13(8)18/h1-5,7H,6H2. The molecule has 0 saturated carbocycles. The van der Waals surface area contributed by atoms with E-state index in [0.717, 1.165) is 4.47 Å². The molecule has 0 heterocycles. The fourth-order valence-electron chi connectivity index (χ4n) is 1.66. The van der Waals surface area contributed by atoms with Crippen LogP contribution in [0.3, 0.4) is 0 Å². The van der Waals surface area contributed by atoms with Gasteiger partial charge < -0.3 is 0 Å². The number of halogens is 4. The molecule has 19 heavy (non-hydrogen) atoms. The van der Waals surface area contributed by atoms with Gasteiger partial charge in [0.05, 0.1) is 0 Å². The molecule has 0 N–H and O–H groups in total. The smallest absolute Gasteiger partial charge is 0.168 e. The molecule has 5 heteroatoms.